The number of pyridine rings is 1. The number of halogens is 1. The van der Waals surface area contributed by atoms with Gasteiger partial charge in [0.1, 0.15) is 0 Å². The summed E-state index contributed by atoms with van der Waals surface area (Å²) < 4.78 is 19.8. The fraction of sp³-hybridized carbons (Fsp3) is 0.667. The Labute approximate surface area is 120 Å². The first-order chi connectivity index (χ1) is 9.76. The maximum atomic E-state index is 14.5. The number of hydrogen-bond acceptors (Lipinski definition) is 4. The Kier molecular flexibility index (Phi) is 5.73. The molecule has 0 atom stereocenters. The van der Waals surface area contributed by atoms with Crippen LogP contribution in [0.2, 0.25) is 0 Å². The van der Waals surface area contributed by atoms with Crippen LogP contribution in [0.1, 0.15) is 31.7 Å². The van der Waals surface area contributed by atoms with Crippen molar-refractivity contribution in [2.45, 2.75) is 38.8 Å². The quantitative estimate of drug-likeness (QED) is 0.812. The molecule has 5 heteroatoms. The Morgan fingerprint density at radius 3 is 2.85 bits per heavy atom. The average Bonchev–Trinajstić information content (AvgIpc) is 2.49. The Morgan fingerprint density at radius 2 is 2.20 bits per heavy atom. The monoisotopic (exact) mass is 281 g/mol. The van der Waals surface area contributed by atoms with Gasteiger partial charge in [-0.2, -0.15) is 0 Å². The van der Waals surface area contributed by atoms with E-state index >= 15 is 0 Å². The molecule has 0 radical (unpaired) electrons. The third kappa shape index (κ3) is 3.67. The van der Waals surface area contributed by atoms with Crippen molar-refractivity contribution < 1.29 is 9.13 Å². The van der Waals surface area contributed by atoms with Gasteiger partial charge in [0.05, 0.1) is 6.10 Å². The Hall–Kier alpha value is -1.20. The van der Waals surface area contributed by atoms with E-state index in [-0.39, 0.29) is 5.82 Å². The van der Waals surface area contributed by atoms with Crippen molar-refractivity contribution in [1.82, 2.24) is 10.3 Å². The van der Waals surface area contributed by atoms with E-state index in [0.717, 1.165) is 38.9 Å². The molecule has 2 rings (SSSR count). The van der Waals surface area contributed by atoms with Crippen molar-refractivity contribution in [3.8, 4) is 0 Å². The lowest BCUT2D eigenvalue weighted by Gasteiger charge is -2.32. The van der Waals surface area contributed by atoms with Crippen LogP contribution in [-0.4, -0.2) is 37.8 Å². The molecule has 1 aliphatic rings. The predicted octanol–water partition coefficient (Wildman–Crippen LogP) is 2.34. The fourth-order valence-electron chi connectivity index (χ4n) is 2.53. The lowest BCUT2D eigenvalue weighted by atomic mass is 10.1. The van der Waals surface area contributed by atoms with Crippen molar-refractivity contribution >= 4 is 5.82 Å². The van der Waals surface area contributed by atoms with E-state index in [2.05, 4.69) is 17.2 Å². The summed E-state index contributed by atoms with van der Waals surface area (Å²) in [5.74, 6) is 0.294. The third-order valence-electron chi connectivity index (χ3n) is 3.77. The number of ether oxygens (including phenoxy) is 1. The highest BCUT2D eigenvalue weighted by atomic mass is 19.1. The van der Waals surface area contributed by atoms with E-state index in [9.17, 15) is 4.39 Å². The number of aromatic nitrogens is 1. The van der Waals surface area contributed by atoms with Gasteiger partial charge in [-0.25, -0.2) is 9.37 Å². The van der Waals surface area contributed by atoms with E-state index in [1.165, 1.54) is 0 Å². The van der Waals surface area contributed by atoms with Crippen molar-refractivity contribution in [1.29, 1.82) is 0 Å². The molecule has 0 bridgehead atoms. The number of rotatable bonds is 6. The molecule has 0 amide bonds. The topological polar surface area (TPSA) is 37.4 Å². The molecule has 0 unspecified atom stereocenters. The van der Waals surface area contributed by atoms with Crippen LogP contribution in [0.5, 0.6) is 0 Å². The van der Waals surface area contributed by atoms with Crippen LogP contribution in [0.3, 0.4) is 0 Å². The van der Waals surface area contributed by atoms with Gasteiger partial charge >= 0.3 is 0 Å². The predicted molar refractivity (Wildman–Crippen MR) is 78.4 cm³/mol. The Balaban J connectivity index is 2.03. The van der Waals surface area contributed by atoms with Crippen LogP contribution in [0, 0.1) is 5.82 Å². The highest BCUT2D eigenvalue weighted by molar-refractivity contribution is 5.43. The summed E-state index contributed by atoms with van der Waals surface area (Å²) in [7, 11) is 1.74. The number of nitrogens with one attached hydrogen (secondary N) is 1. The number of nitrogens with zero attached hydrogens (tertiary/aromatic N) is 2. The minimum Gasteiger partial charge on any atom is -0.381 e. The molecule has 1 saturated heterocycles. The van der Waals surface area contributed by atoms with E-state index in [1.807, 2.05) is 4.90 Å². The highest BCUT2D eigenvalue weighted by Crippen LogP contribution is 2.23. The zero-order valence-corrected chi connectivity index (χ0v) is 12.4. The first-order valence-corrected chi connectivity index (χ1v) is 7.38. The van der Waals surface area contributed by atoms with Crippen molar-refractivity contribution in [2.75, 3.05) is 31.6 Å². The second kappa shape index (κ2) is 7.55. The van der Waals surface area contributed by atoms with Gasteiger partial charge in [0.2, 0.25) is 0 Å². The molecule has 1 aliphatic heterocycles. The van der Waals surface area contributed by atoms with Crippen LogP contribution in [0.4, 0.5) is 10.2 Å². The van der Waals surface area contributed by atoms with Crippen molar-refractivity contribution in [2.24, 2.45) is 0 Å². The molecule has 1 aromatic heterocycles. The van der Waals surface area contributed by atoms with Gasteiger partial charge in [0.25, 0.3) is 0 Å². The van der Waals surface area contributed by atoms with Gasteiger partial charge in [-0.3, -0.25) is 0 Å². The fourth-order valence-corrected chi connectivity index (χ4v) is 2.53. The van der Waals surface area contributed by atoms with E-state index in [1.54, 1.807) is 19.4 Å². The molecule has 20 heavy (non-hydrogen) atoms. The SMILES string of the molecule is CCCNCc1ccnc(N2CCC(OC)CC2)c1F. The molecule has 2 heterocycles. The molecule has 0 aliphatic carbocycles. The lowest BCUT2D eigenvalue weighted by molar-refractivity contribution is 0.0816. The van der Waals surface area contributed by atoms with Crippen molar-refractivity contribution in [3.63, 3.8) is 0 Å². The van der Waals surface area contributed by atoms with Gasteiger partial charge < -0.3 is 15.0 Å². The smallest absolute Gasteiger partial charge is 0.170 e. The standard InChI is InChI=1S/C15H24FN3O/c1-3-7-17-11-12-4-8-18-15(14(12)16)19-9-5-13(20-2)6-10-19/h4,8,13,17H,3,5-7,9-11H2,1-2H3. The zero-order valence-electron chi connectivity index (χ0n) is 12.4. The second-order valence-electron chi connectivity index (χ2n) is 5.21. The van der Waals surface area contributed by atoms with Gasteiger partial charge in [-0.15, -0.1) is 0 Å². The summed E-state index contributed by atoms with van der Waals surface area (Å²) >= 11 is 0. The summed E-state index contributed by atoms with van der Waals surface area (Å²) in [6, 6.07) is 1.75. The first kappa shape index (κ1) is 15.2. The molecule has 1 fully saturated rings. The second-order valence-corrected chi connectivity index (χ2v) is 5.21. The van der Waals surface area contributed by atoms with Crippen LogP contribution in [0.15, 0.2) is 12.3 Å². The van der Waals surface area contributed by atoms with Gasteiger partial charge in [0.15, 0.2) is 11.6 Å². The van der Waals surface area contributed by atoms with E-state index < -0.39 is 0 Å². The van der Waals surface area contributed by atoms with Crippen LogP contribution in [-0.2, 0) is 11.3 Å². The van der Waals surface area contributed by atoms with Crippen LogP contribution in [0.25, 0.3) is 0 Å². The summed E-state index contributed by atoms with van der Waals surface area (Å²) in [5, 5.41) is 3.23. The van der Waals surface area contributed by atoms with Crippen LogP contribution >= 0.6 is 0 Å². The zero-order chi connectivity index (χ0) is 14.4. The Bertz CT molecular complexity index is 420. The summed E-state index contributed by atoms with van der Waals surface area (Å²) in [4.78, 5) is 6.25. The highest BCUT2D eigenvalue weighted by Gasteiger charge is 2.22. The minimum absolute atomic E-state index is 0.188. The molecule has 0 saturated carbocycles. The van der Waals surface area contributed by atoms with Gasteiger partial charge in [0, 0.05) is 38.5 Å². The molecule has 1 aromatic rings. The molecule has 1 N–H and O–H groups in total. The number of hydrogen-bond donors (Lipinski definition) is 1. The molecular weight excluding hydrogens is 257 g/mol. The van der Waals surface area contributed by atoms with E-state index in [0.29, 0.717) is 24.0 Å². The third-order valence-corrected chi connectivity index (χ3v) is 3.77. The molecular formula is C15H24FN3O. The minimum atomic E-state index is -0.188. The van der Waals surface area contributed by atoms with Crippen molar-refractivity contribution in [3.05, 3.63) is 23.6 Å². The largest absolute Gasteiger partial charge is 0.381 e. The first-order valence-electron chi connectivity index (χ1n) is 7.38. The van der Waals surface area contributed by atoms with Crippen LogP contribution < -0.4 is 10.2 Å². The number of methoxy groups -OCH3 is 1. The average molecular weight is 281 g/mol. The molecule has 0 spiro atoms. The summed E-state index contributed by atoms with van der Waals surface area (Å²) in [5.41, 5.74) is 0.692. The maximum absolute atomic E-state index is 14.5. The summed E-state index contributed by atoms with van der Waals surface area (Å²) in [6.07, 6.45) is 4.89. The molecule has 0 aromatic carbocycles. The van der Waals surface area contributed by atoms with E-state index in [4.69, 9.17) is 4.74 Å². The number of piperidine rings is 1. The van der Waals surface area contributed by atoms with Gasteiger partial charge in [-0.1, -0.05) is 6.92 Å². The van der Waals surface area contributed by atoms with Gasteiger partial charge in [-0.05, 0) is 31.9 Å². The maximum Gasteiger partial charge on any atom is 0.170 e. The lowest BCUT2D eigenvalue weighted by Crippen LogP contribution is -2.37. The number of anilines is 1. The summed E-state index contributed by atoms with van der Waals surface area (Å²) in [6.45, 7) is 5.16. The Morgan fingerprint density at radius 1 is 1.45 bits per heavy atom. The molecule has 4 nitrogen and oxygen atoms in total. The normalized spacial score (nSPS) is 16.6. The molecule has 112 valence electrons.